The molecule has 0 spiro atoms. The van der Waals surface area contributed by atoms with Crippen LogP contribution in [0.25, 0.3) is 10.2 Å². The molecule has 0 atom stereocenters. The lowest BCUT2D eigenvalue weighted by atomic mass is 9.97. The minimum atomic E-state index is 0.618. The monoisotopic (exact) mass is 339 g/mol. The lowest BCUT2D eigenvalue weighted by Gasteiger charge is -2.11. The Morgan fingerprint density at radius 2 is 2.00 bits per heavy atom. The second-order valence-corrected chi connectivity index (χ2v) is 7.36. The Labute approximate surface area is 145 Å². The van der Waals surface area contributed by atoms with E-state index in [2.05, 4.69) is 17.1 Å². The number of aryl methyl sites for hydroxylation is 4. The van der Waals surface area contributed by atoms with Crippen molar-refractivity contribution < 1.29 is 4.74 Å². The number of fused-ring (bicyclic) bond motifs is 3. The summed E-state index contributed by atoms with van der Waals surface area (Å²) >= 11 is 1.78. The minimum Gasteiger partial charge on any atom is -0.497 e. The lowest BCUT2D eigenvalue weighted by molar-refractivity contribution is 0.414. The number of hydrogen-bond donors (Lipinski definition) is 1. The van der Waals surface area contributed by atoms with Crippen LogP contribution in [0.1, 0.15) is 28.8 Å². The first kappa shape index (κ1) is 15.4. The van der Waals surface area contributed by atoms with E-state index in [1.807, 2.05) is 23.0 Å². The van der Waals surface area contributed by atoms with Crippen LogP contribution < -0.4 is 10.2 Å². The highest BCUT2D eigenvalue weighted by Gasteiger charge is 2.18. The highest BCUT2D eigenvalue weighted by atomic mass is 32.1. The quantitative estimate of drug-likeness (QED) is 0.788. The Bertz CT molecular complexity index is 924. The molecule has 1 aliphatic rings. The molecule has 0 unspecified atom stereocenters. The first-order valence-corrected chi connectivity index (χ1v) is 9.25. The largest absolute Gasteiger partial charge is 0.497 e. The minimum absolute atomic E-state index is 0.618. The molecule has 1 N–H and O–H groups in total. The average Bonchev–Trinajstić information content (AvgIpc) is 3.01. The van der Waals surface area contributed by atoms with Crippen molar-refractivity contribution in [2.75, 3.05) is 7.11 Å². The van der Waals surface area contributed by atoms with Gasteiger partial charge in [-0.25, -0.2) is 4.98 Å². The Morgan fingerprint density at radius 1 is 1.21 bits per heavy atom. The summed E-state index contributed by atoms with van der Waals surface area (Å²) in [4.78, 5) is 7.11. The fourth-order valence-electron chi connectivity index (χ4n) is 3.42. The normalized spacial score (nSPS) is 13.9. The zero-order valence-corrected chi connectivity index (χ0v) is 14.7. The molecule has 0 bridgehead atoms. The van der Waals surface area contributed by atoms with Crippen molar-refractivity contribution in [3.05, 3.63) is 52.1 Å². The van der Waals surface area contributed by atoms with Crippen LogP contribution in [0.4, 0.5) is 0 Å². The van der Waals surface area contributed by atoms with Crippen LogP contribution in [-0.2, 0) is 25.8 Å². The van der Waals surface area contributed by atoms with Crippen LogP contribution in [0, 0.1) is 5.41 Å². The van der Waals surface area contributed by atoms with Crippen molar-refractivity contribution >= 4 is 21.6 Å². The summed E-state index contributed by atoms with van der Waals surface area (Å²) in [6.45, 7) is 0.777. The Kier molecular flexibility index (Phi) is 4.10. The van der Waals surface area contributed by atoms with Crippen LogP contribution in [-0.4, -0.2) is 16.7 Å². The van der Waals surface area contributed by atoms with E-state index in [4.69, 9.17) is 10.1 Å². The third kappa shape index (κ3) is 2.73. The number of nitrogens with one attached hydrogen (secondary N) is 1. The summed E-state index contributed by atoms with van der Waals surface area (Å²) in [7, 11) is 1.68. The maximum absolute atomic E-state index is 8.64. The van der Waals surface area contributed by atoms with E-state index in [9.17, 15) is 0 Å². The molecule has 0 aliphatic heterocycles. The molecule has 124 valence electrons. The number of benzene rings is 1. The molecule has 2 heterocycles. The van der Waals surface area contributed by atoms with Gasteiger partial charge in [0.05, 0.1) is 18.8 Å². The first-order chi connectivity index (χ1) is 11.8. The van der Waals surface area contributed by atoms with Crippen molar-refractivity contribution in [2.45, 2.75) is 38.6 Å². The highest BCUT2D eigenvalue weighted by Crippen LogP contribution is 2.33. The summed E-state index contributed by atoms with van der Waals surface area (Å²) in [5.41, 5.74) is 3.25. The van der Waals surface area contributed by atoms with Gasteiger partial charge in [0.2, 0.25) is 0 Å². The van der Waals surface area contributed by atoms with E-state index in [0.29, 0.717) is 5.49 Å². The van der Waals surface area contributed by atoms with Crippen LogP contribution >= 0.6 is 11.3 Å². The summed E-state index contributed by atoms with van der Waals surface area (Å²) < 4.78 is 7.18. The molecule has 5 heteroatoms. The molecule has 0 fully saturated rings. The molecule has 0 saturated heterocycles. The Hall–Kier alpha value is -2.14. The maximum Gasteiger partial charge on any atom is 0.136 e. The van der Waals surface area contributed by atoms with Crippen LogP contribution in [0.5, 0.6) is 5.75 Å². The number of ether oxygens (including phenoxy) is 1. The maximum atomic E-state index is 8.64. The van der Waals surface area contributed by atoms with Crippen molar-refractivity contribution in [1.29, 1.82) is 5.41 Å². The van der Waals surface area contributed by atoms with Gasteiger partial charge in [0.25, 0.3) is 0 Å². The van der Waals surface area contributed by atoms with Gasteiger partial charge >= 0.3 is 0 Å². The van der Waals surface area contributed by atoms with Crippen molar-refractivity contribution in [2.24, 2.45) is 0 Å². The van der Waals surface area contributed by atoms with Crippen molar-refractivity contribution in [3.63, 3.8) is 0 Å². The summed E-state index contributed by atoms with van der Waals surface area (Å²) in [6.07, 6.45) is 7.48. The molecule has 2 aromatic heterocycles. The van der Waals surface area contributed by atoms with Gasteiger partial charge in [-0.1, -0.05) is 12.1 Å². The van der Waals surface area contributed by atoms with Gasteiger partial charge in [-0.3, -0.25) is 5.41 Å². The number of hydrogen-bond acceptors (Lipinski definition) is 4. The van der Waals surface area contributed by atoms with Crippen LogP contribution in [0.3, 0.4) is 0 Å². The molecule has 1 aromatic carbocycles. The number of rotatable bonds is 4. The summed E-state index contributed by atoms with van der Waals surface area (Å²) in [5.74, 6) is 0.876. The second kappa shape index (κ2) is 6.40. The third-order valence-corrected chi connectivity index (χ3v) is 5.99. The smallest absolute Gasteiger partial charge is 0.136 e. The van der Waals surface area contributed by atoms with E-state index < -0.39 is 0 Å². The zero-order valence-electron chi connectivity index (χ0n) is 13.8. The number of thiophene rings is 1. The van der Waals surface area contributed by atoms with Gasteiger partial charge in [0.15, 0.2) is 0 Å². The molecule has 3 aromatic rings. The van der Waals surface area contributed by atoms with Gasteiger partial charge in [0, 0.05) is 11.4 Å². The number of aromatic nitrogens is 2. The standard InChI is InChI=1S/C19H21N3OS/c1-23-14-8-6-13(7-9-14)10-11-22-12-21-19-17(18(22)20)15-4-2-3-5-16(15)24-19/h6-9,12,20H,2-5,10-11H2,1H3. The summed E-state index contributed by atoms with van der Waals surface area (Å²) in [6, 6.07) is 8.14. The van der Waals surface area contributed by atoms with Gasteiger partial charge in [-0.2, -0.15) is 0 Å². The van der Waals surface area contributed by atoms with Crippen molar-refractivity contribution in [1.82, 2.24) is 9.55 Å². The number of methoxy groups -OCH3 is 1. The Morgan fingerprint density at radius 3 is 2.79 bits per heavy atom. The molecular weight excluding hydrogens is 318 g/mol. The lowest BCUT2D eigenvalue weighted by Crippen LogP contribution is -2.22. The molecule has 4 nitrogen and oxygen atoms in total. The van der Waals surface area contributed by atoms with E-state index in [1.54, 1.807) is 18.4 Å². The molecule has 0 radical (unpaired) electrons. The highest BCUT2D eigenvalue weighted by molar-refractivity contribution is 7.18. The molecule has 24 heavy (non-hydrogen) atoms. The van der Waals surface area contributed by atoms with Gasteiger partial charge in [-0.15, -0.1) is 11.3 Å². The molecule has 4 rings (SSSR count). The number of nitrogens with zero attached hydrogens (tertiary/aromatic N) is 2. The van der Waals surface area contributed by atoms with E-state index >= 15 is 0 Å². The predicted molar refractivity (Wildman–Crippen MR) is 96.8 cm³/mol. The van der Waals surface area contributed by atoms with E-state index in [0.717, 1.165) is 41.8 Å². The molecular formula is C19H21N3OS. The van der Waals surface area contributed by atoms with Gasteiger partial charge in [-0.05, 0) is 55.4 Å². The topological polar surface area (TPSA) is 50.9 Å². The van der Waals surface area contributed by atoms with Gasteiger partial charge < -0.3 is 9.30 Å². The van der Waals surface area contributed by atoms with Crippen LogP contribution in [0.15, 0.2) is 30.6 Å². The average molecular weight is 339 g/mol. The molecule has 0 saturated carbocycles. The first-order valence-electron chi connectivity index (χ1n) is 8.43. The second-order valence-electron chi connectivity index (χ2n) is 6.28. The Balaban J connectivity index is 1.62. The predicted octanol–water partition coefficient (Wildman–Crippen LogP) is 3.71. The third-order valence-electron chi connectivity index (χ3n) is 4.79. The SMILES string of the molecule is COc1ccc(CCn2cnc3sc4c(c3c2=N)CCCC4)cc1. The van der Waals surface area contributed by atoms with Crippen molar-refractivity contribution in [3.8, 4) is 5.75 Å². The summed E-state index contributed by atoms with van der Waals surface area (Å²) in [5, 5.41) is 9.73. The zero-order chi connectivity index (χ0) is 16.5. The fraction of sp³-hybridized carbons (Fsp3) is 0.368. The van der Waals surface area contributed by atoms with E-state index in [-0.39, 0.29) is 0 Å². The van der Waals surface area contributed by atoms with E-state index in [1.165, 1.54) is 28.8 Å². The fourth-order valence-corrected chi connectivity index (χ4v) is 4.65. The van der Waals surface area contributed by atoms with Crippen LogP contribution in [0.2, 0.25) is 0 Å². The molecule has 1 aliphatic carbocycles. The molecule has 0 amide bonds. The van der Waals surface area contributed by atoms with Gasteiger partial charge in [0.1, 0.15) is 16.1 Å².